The Balaban J connectivity index is 1.89. The number of benzene rings is 2. The molecule has 1 aromatic heterocycles. The number of aromatic nitrogens is 3. The van der Waals surface area contributed by atoms with Gasteiger partial charge in [-0.25, -0.2) is 4.79 Å². The topological polar surface area (TPSA) is 95.2 Å². The summed E-state index contributed by atoms with van der Waals surface area (Å²) >= 11 is 0. The number of carbonyl (C=O) groups excluding carboxylic acids is 1. The van der Waals surface area contributed by atoms with Crippen LogP contribution in [0.2, 0.25) is 0 Å². The van der Waals surface area contributed by atoms with Gasteiger partial charge in [0, 0.05) is 13.6 Å². The zero-order chi connectivity index (χ0) is 21.0. The van der Waals surface area contributed by atoms with E-state index >= 15 is 0 Å². The molecular formula is C21H22N4O4. The lowest BCUT2D eigenvalue weighted by molar-refractivity contribution is 0.0941. The Hall–Kier alpha value is -3.68. The van der Waals surface area contributed by atoms with Gasteiger partial charge in [-0.05, 0) is 41.8 Å². The molecule has 8 heteroatoms. The van der Waals surface area contributed by atoms with Gasteiger partial charge in [-0.15, -0.1) is 0 Å². The van der Waals surface area contributed by atoms with Crippen LogP contribution in [0, 0.1) is 0 Å². The van der Waals surface area contributed by atoms with Crippen molar-refractivity contribution in [3.8, 4) is 11.4 Å². The number of amides is 1. The number of hydrogen-bond acceptors (Lipinski definition) is 5. The van der Waals surface area contributed by atoms with Gasteiger partial charge in [0.25, 0.3) is 11.5 Å². The fourth-order valence-electron chi connectivity index (χ4n) is 2.77. The van der Waals surface area contributed by atoms with Crippen LogP contribution in [0.4, 0.5) is 0 Å². The van der Waals surface area contributed by atoms with E-state index in [1.54, 1.807) is 24.3 Å². The smallest absolute Gasteiger partial charge is 0.351 e. The minimum atomic E-state index is -0.751. The molecule has 1 heterocycles. The molecule has 8 nitrogen and oxygen atoms in total. The van der Waals surface area contributed by atoms with Crippen molar-refractivity contribution in [3.05, 3.63) is 86.2 Å². The highest BCUT2D eigenvalue weighted by Gasteiger charge is 2.18. The van der Waals surface area contributed by atoms with E-state index in [1.807, 2.05) is 24.3 Å². The van der Waals surface area contributed by atoms with Gasteiger partial charge in [0.15, 0.2) is 0 Å². The van der Waals surface area contributed by atoms with E-state index in [2.05, 4.69) is 17.3 Å². The van der Waals surface area contributed by atoms with Crippen LogP contribution in [0.15, 0.2) is 58.1 Å². The Morgan fingerprint density at radius 2 is 1.66 bits per heavy atom. The highest BCUT2D eigenvalue weighted by atomic mass is 16.5. The monoisotopic (exact) mass is 394 g/mol. The molecule has 1 amide bonds. The van der Waals surface area contributed by atoms with Crippen LogP contribution in [0.25, 0.3) is 5.69 Å². The molecule has 150 valence electrons. The summed E-state index contributed by atoms with van der Waals surface area (Å²) in [6.07, 6.45) is 0.930. The summed E-state index contributed by atoms with van der Waals surface area (Å²) < 4.78 is 6.98. The van der Waals surface area contributed by atoms with Crippen molar-refractivity contribution >= 4 is 5.91 Å². The van der Waals surface area contributed by atoms with Crippen molar-refractivity contribution in [2.45, 2.75) is 19.9 Å². The Kier molecular flexibility index (Phi) is 5.92. The Morgan fingerprint density at radius 1 is 1.03 bits per heavy atom. The molecule has 0 atom stereocenters. The first kappa shape index (κ1) is 20.1. The fourth-order valence-corrected chi connectivity index (χ4v) is 2.77. The van der Waals surface area contributed by atoms with Crippen LogP contribution in [-0.2, 0) is 20.0 Å². The van der Waals surface area contributed by atoms with Crippen LogP contribution in [0.1, 0.15) is 28.5 Å². The van der Waals surface area contributed by atoms with Crippen LogP contribution in [0.3, 0.4) is 0 Å². The van der Waals surface area contributed by atoms with Crippen LogP contribution in [0.5, 0.6) is 5.75 Å². The second kappa shape index (κ2) is 8.55. The fraction of sp³-hybridized carbons (Fsp3) is 0.238. The average Bonchev–Trinajstić information content (AvgIpc) is 2.76. The third-order valence-electron chi connectivity index (χ3n) is 4.59. The van der Waals surface area contributed by atoms with Gasteiger partial charge in [-0.1, -0.05) is 31.2 Å². The Labute approximate surface area is 167 Å². The number of nitrogens with zero attached hydrogens (tertiary/aromatic N) is 3. The van der Waals surface area contributed by atoms with Crippen molar-refractivity contribution < 1.29 is 9.53 Å². The van der Waals surface area contributed by atoms with E-state index in [1.165, 1.54) is 19.7 Å². The van der Waals surface area contributed by atoms with Crippen LogP contribution < -0.4 is 21.3 Å². The normalized spacial score (nSPS) is 10.6. The summed E-state index contributed by atoms with van der Waals surface area (Å²) in [5.74, 6) is -0.0360. The maximum atomic E-state index is 12.6. The highest BCUT2D eigenvalue weighted by molar-refractivity contribution is 5.91. The number of rotatable bonds is 6. The van der Waals surface area contributed by atoms with E-state index in [4.69, 9.17) is 4.74 Å². The summed E-state index contributed by atoms with van der Waals surface area (Å²) in [5, 5.41) is 6.70. The van der Waals surface area contributed by atoms with E-state index in [-0.39, 0.29) is 12.2 Å². The maximum absolute atomic E-state index is 12.6. The molecule has 0 saturated heterocycles. The predicted molar refractivity (Wildman–Crippen MR) is 109 cm³/mol. The predicted octanol–water partition coefficient (Wildman–Crippen LogP) is 1.43. The van der Waals surface area contributed by atoms with Crippen LogP contribution >= 0.6 is 0 Å². The number of nitrogens with one attached hydrogen (secondary N) is 1. The molecule has 1 N–H and O–H groups in total. The van der Waals surface area contributed by atoms with Crippen molar-refractivity contribution in [2.24, 2.45) is 7.05 Å². The van der Waals surface area contributed by atoms with Gasteiger partial charge in [0.05, 0.1) is 12.8 Å². The van der Waals surface area contributed by atoms with E-state index < -0.39 is 17.2 Å². The molecule has 0 radical (unpaired) electrons. The standard InChI is InChI=1S/C21H22N4O4/c1-4-14-5-7-15(8-6-14)13-22-19(26)18-20(27)24(2)21(28)25(23-18)16-9-11-17(29-3)12-10-16/h5-12H,4,13H2,1-3H3,(H,22,26). The molecule has 0 spiro atoms. The molecule has 0 aliphatic rings. The molecule has 29 heavy (non-hydrogen) atoms. The summed E-state index contributed by atoms with van der Waals surface area (Å²) in [6.45, 7) is 2.31. The Morgan fingerprint density at radius 3 is 2.24 bits per heavy atom. The number of hydrogen-bond donors (Lipinski definition) is 1. The van der Waals surface area contributed by atoms with E-state index in [0.29, 0.717) is 11.4 Å². The number of methoxy groups -OCH3 is 1. The third-order valence-corrected chi connectivity index (χ3v) is 4.59. The lowest BCUT2D eigenvalue weighted by Gasteiger charge is -2.10. The summed E-state index contributed by atoms with van der Waals surface area (Å²) in [5.41, 5.74) is 0.757. The lowest BCUT2D eigenvalue weighted by atomic mass is 10.1. The molecular weight excluding hydrogens is 372 g/mol. The third kappa shape index (κ3) is 4.26. The molecule has 0 unspecified atom stereocenters. The molecule has 0 fully saturated rings. The SMILES string of the molecule is CCc1ccc(CNC(=O)c2nn(-c3ccc(OC)cc3)c(=O)n(C)c2=O)cc1. The first-order valence-electron chi connectivity index (χ1n) is 9.15. The van der Waals surface area contributed by atoms with Crippen molar-refractivity contribution in [2.75, 3.05) is 7.11 Å². The van der Waals surface area contributed by atoms with Crippen molar-refractivity contribution in [1.82, 2.24) is 19.7 Å². The van der Waals surface area contributed by atoms with Crippen molar-refractivity contribution in [1.29, 1.82) is 0 Å². The molecule has 0 aliphatic carbocycles. The summed E-state index contributed by atoms with van der Waals surface area (Å²) in [6, 6.07) is 14.4. The second-order valence-electron chi connectivity index (χ2n) is 6.46. The van der Waals surface area contributed by atoms with Gasteiger partial charge in [0.2, 0.25) is 5.69 Å². The molecule has 0 bridgehead atoms. The van der Waals surface area contributed by atoms with E-state index in [9.17, 15) is 14.4 Å². The van der Waals surface area contributed by atoms with E-state index in [0.717, 1.165) is 21.2 Å². The van der Waals surface area contributed by atoms with Gasteiger partial charge >= 0.3 is 5.69 Å². The molecule has 2 aromatic carbocycles. The summed E-state index contributed by atoms with van der Waals surface area (Å²) in [7, 11) is 2.84. The molecule has 3 aromatic rings. The number of aryl methyl sites for hydroxylation is 1. The molecule has 3 rings (SSSR count). The zero-order valence-electron chi connectivity index (χ0n) is 16.5. The first-order valence-corrected chi connectivity index (χ1v) is 9.15. The number of ether oxygens (including phenoxy) is 1. The zero-order valence-corrected chi connectivity index (χ0v) is 16.5. The quantitative estimate of drug-likeness (QED) is 0.683. The number of carbonyl (C=O) groups is 1. The van der Waals surface area contributed by atoms with Gasteiger partial charge in [0.1, 0.15) is 5.75 Å². The molecule has 0 saturated carbocycles. The largest absolute Gasteiger partial charge is 0.497 e. The van der Waals surface area contributed by atoms with Gasteiger partial charge in [-0.3, -0.25) is 14.2 Å². The Bertz CT molecular complexity index is 1130. The van der Waals surface area contributed by atoms with Gasteiger partial charge in [-0.2, -0.15) is 9.78 Å². The molecule has 0 aliphatic heterocycles. The first-order chi connectivity index (χ1) is 13.9. The maximum Gasteiger partial charge on any atom is 0.351 e. The van der Waals surface area contributed by atoms with Gasteiger partial charge < -0.3 is 10.1 Å². The lowest BCUT2D eigenvalue weighted by Crippen LogP contribution is -2.44. The average molecular weight is 394 g/mol. The minimum Gasteiger partial charge on any atom is -0.497 e. The van der Waals surface area contributed by atoms with Crippen molar-refractivity contribution in [3.63, 3.8) is 0 Å². The summed E-state index contributed by atoms with van der Waals surface area (Å²) in [4.78, 5) is 37.5. The van der Waals surface area contributed by atoms with Crippen LogP contribution in [-0.4, -0.2) is 27.4 Å². The minimum absolute atomic E-state index is 0.245. The highest BCUT2D eigenvalue weighted by Crippen LogP contribution is 2.12. The second-order valence-corrected chi connectivity index (χ2v) is 6.46.